The number of halogens is 3. The monoisotopic (exact) mass is 334 g/mol. The van der Waals surface area contributed by atoms with Crippen molar-refractivity contribution in [3.63, 3.8) is 0 Å². The Kier molecular flexibility index (Phi) is 7.10. The number of nitrogens with zero attached hydrogens (tertiary/aromatic N) is 1. The molecule has 0 aromatic heterocycles. The molecule has 1 aliphatic heterocycles. The third kappa shape index (κ3) is 7.27. The summed E-state index contributed by atoms with van der Waals surface area (Å²) in [6, 6.07) is -0.490. The number of hydrogen-bond donors (Lipinski definition) is 2. The van der Waals surface area contributed by atoms with Crippen LogP contribution in [0.4, 0.5) is 13.2 Å². The number of rotatable bonds is 2. The SMILES string of the molecule is CCC(N)C(=O)N1CCS(=O)(=O)CC1.O=C(O)C(F)(F)F. The summed E-state index contributed by atoms with van der Waals surface area (Å²) in [4.78, 5) is 22.0. The summed E-state index contributed by atoms with van der Waals surface area (Å²) in [5.41, 5.74) is 5.57. The summed E-state index contributed by atoms with van der Waals surface area (Å²) in [6.07, 6.45) is -4.50. The Balaban J connectivity index is 0.000000486. The Morgan fingerprint density at radius 1 is 1.29 bits per heavy atom. The van der Waals surface area contributed by atoms with Gasteiger partial charge in [0.25, 0.3) is 0 Å². The van der Waals surface area contributed by atoms with Crippen LogP contribution in [-0.2, 0) is 19.4 Å². The molecule has 3 N–H and O–H groups in total. The van der Waals surface area contributed by atoms with Crippen molar-refractivity contribution in [1.29, 1.82) is 0 Å². The highest BCUT2D eigenvalue weighted by molar-refractivity contribution is 7.91. The Morgan fingerprint density at radius 2 is 1.67 bits per heavy atom. The van der Waals surface area contributed by atoms with Gasteiger partial charge in [-0.2, -0.15) is 13.2 Å². The van der Waals surface area contributed by atoms with Gasteiger partial charge in [-0.25, -0.2) is 13.2 Å². The zero-order valence-electron chi connectivity index (χ0n) is 11.3. The highest BCUT2D eigenvalue weighted by Gasteiger charge is 2.38. The van der Waals surface area contributed by atoms with Gasteiger partial charge in [0.1, 0.15) is 0 Å². The van der Waals surface area contributed by atoms with Gasteiger partial charge in [0.15, 0.2) is 9.84 Å². The maximum Gasteiger partial charge on any atom is 0.490 e. The van der Waals surface area contributed by atoms with Crippen molar-refractivity contribution in [2.75, 3.05) is 24.6 Å². The average Bonchev–Trinajstić information content (AvgIpc) is 2.36. The van der Waals surface area contributed by atoms with Crippen LogP contribution in [0.2, 0.25) is 0 Å². The third-order valence-electron chi connectivity index (χ3n) is 2.66. The fraction of sp³-hybridized carbons (Fsp3) is 0.800. The predicted octanol–water partition coefficient (Wildman–Crippen LogP) is -0.386. The first-order valence-corrected chi connectivity index (χ1v) is 7.77. The summed E-state index contributed by atoms with van der Waals surface area (Å²) in [5, 5.41) is 7.12. The van der Waals surface area contributed by atoms with Crippen LogP contribution < -0.4 is 5.73 Å². The van der Waals surface area contributed by atoms with E-state index in [1.54, 1.807) is 0 Å². The summed E-state index contributed by atoms with van der Waals surface area (Å²) in [6.45, 7) is 2.41. The summed E-state index contributed by atoms with van der Waals surface area (Å²) < 4.78 is 53.9. The lowest BCUT2D eigenvalue weighted by Gasteiger charge is -2.28. The minimum Gasteiger partial charge on any atom is -0.475 e. The van der Waals surface area contributed by atoms with Crippen LogP contribution in [0.5, 0.6) is 0 Å². The number of carboxylic acid groups (broad SMARTS) is 1. The number of sulfone groups is 1. The lowest BCUT2D eigenvalue weighted by molar-refractivity contribution is -0.192. The van der Waals surface area contributed by atoms with Crippen molar-refractivity contribution in [2.45, 2.75) is 25.6 Å². The van der Waals surface area contributed by atoms with E-state index in [9.17, 15) is 26.4 Å². The summed E-state index contributed by atoms with van der Waals surface area (Å²) in [7, 11) is -2.92. The van der Waals surface area contributed by atoms with E-state index in [0.717, 1.165) is 0 Å². The fourth-order valence-corrected chi connectivity index (χ4v) is 2.54. The van der Waals surface area contributed by atoms with Gasteiger partial charge < -0.3 is 15.7 Å². The number of alkyl halides is 3. The number of carboxylic acids is 1. The van der Waals surface area contributed by atoms with Gasteiger partial charge in [0, 0.05) is 13.1 Å². The molecule has 0 radical (unpaired) electrons. The molecule has 1 heterocycles. The molecule has 7 nitrogen and oxygen atoms in total. The zero-order valence-corrected chi connectivity index (χ0v) is 12.1. The molecule has 0 aromatic carbocycles. The molecule has 11 heteroatoms. The third-order valence-corrected chi connectivity index (χ3v) is 4.26. The molecule has 1 fully saturated rings. The molecule has 0 bridgehead atoms. The van der Waals surface area contributed by atoms with Crippen molar-refractivity contribution < 1.29 is 36.3 Å². The lowest BCUT2D eigenvalue weighted by Crippen LogP contribution is -2.49. The topological polar surface area (TPSA) is 118 Å². The van der Waals surface area contributed by atoms with Crippen molar-refractivity contribution >= 4 is 21.7 Å². The molecule has 1 saturated heterocycles. The molecule has 1 amide bonds. The second kappa shape index (κ2) is 7.59. The lowest BCUT2D eigenvalue weighted by atomic mass is 10.2. The molecule has 1 rings (SSSR count). The van der Waals surface area contributed by atoms with Crippen LogP contribution in [0.25, 0.3) is 0 Å². The molecular formula is C10H17F3N2O5S. The van der Waals surface area contributed by atoms with E-state index in [2.05, 4.69) is 0 Å². The van der Waals surface area contributed by atoms with Crippen molar-refractivity contribution in [3.05, 3.63) is 0 Å². The highest BCUT2D eigenvalue weighted by atomic mass is 32.2. The van der Waals surface area contributed by atoms with Gasteiger partial charge in [0.05, 0.1) is 17.5 Å². The number of amides is 1. The number of nitrogens with two attached hydrogens (primary N) is 1. The van der Waals surface area contributed by atoms with Gasteiger partial charge in [-0.05, 0) is 6.42 Å². The quantitative estimate of drug-likeness (QED) is 0.710. The Hall–Kier alpha value is -1.36. The smallest absolute Gasteiger partial charge is 0.475 e. The average molecular weight is 334 g/mol. The maximum atomic E-state index is 11.5. The van der Waals surface area contributed by atoms with Gasteiger partial charge in [-0.1, -0.05) is 6.92 Å². The molecular weight excluding hydrogens is 317 g/mol. The van der Waals surface area contributed by atoms with Crippen molar-refractivity contribution in [3.8, 4) is 0 Å². The predicted molar refractivity (Wildman–Crippen MR) is 67.2 cm³/mol. The molecule has 21 heavy (non-hydrogen) atoms. The van der Waals surface area contributed by atoms with Crippen LogP contribution >= 0.6 is 0 Å². The van der Waals surface area contributed by atoms with E-state index in [1.807, 2.05) is 6.92 Å². The normalized spacial score (nSPS) is 19.2. The fourth-order valence-electron chi connectivity index (χ4n) is 1.34. The van der Waals surface area contributed by atoms with Crippen LogP contribution in [-0.4, -0.2) is 67.1 Å². The Labute approximate surface area is 119 Å². The largest absolute Gasteiger partial charge is 0.490 e. The first-order valence-electron chi connectivity index (χ1n) is 5.95. The van der Waals surface area contributed by atoms with E-state index < -0.39 is 28.0 Å². The van der Waals surface area contributed by atoms with Crippen LogP contribution in [0.1, 0.15) is 13.3 Å². The molecule has 0 saturated carbocycles. The molecule has 0 aromatic rings. The van der Waals surface area contributed by atoms with Crippen LogP contribution in [0.15, 0.2) is 0 Å². The van der Waals surface area contributed by atoms with Gasteiger partial charge in [-0.3, -0.25) is 4.79 Å². The summed E-state index contributed by atoms with van der Waals surface area (Å²) >= 11 is 0. The first-order chi connectivity index (χ1) is 9.40. The number of aliphatic carboxylic acids is 1. The molecule has 0 aliphatic carbocycles. The number of hydrogen-bond acceptors (Lipinski definition) is 5. The van der Waals surface area contributed by atoms with E-state index in [4.69, 9.17) is 15.6 Å². The molecule has 1 unspecified atom stereocenters. The Bertz CT molecular complexity index is 464. The second-order valence-electron chi connectivity index (χ2n) is 4.29. The van der Waals surface area contributed by atoms with Crippen LogP contribution in [0, 0.1) is 0 Å². The van der Waals surface area contributed by atoms with Gasteiger partial charge in [-0.15, -0.1) is 0 Å². The minimum absolute atomic E-state index is 0.0647. The zero-order chi connectivity index (χ0) is 16.8. The summed E-state index contributed by atoms with van der Waals surface area (Å²) in [5.74, 6) is -2.76. The standard InChI is InChI=1S/C8H16N2O3S.C2HF3O2/c1-2-7(9)8(11)10-3-5-14(12,13)6-4-10;3-2(4,5)1(6)7/h7H,2-6,9H2,1H3;(H,6,7). The molecule has 1 atom stereocenters. The Morgan fingerprint density at radius 3 is 1.95 bits per heavy atom. The van der Waals surface area contributed by atoms with E-state index in [0.29, 0.717) is 6.42 Å². The van der Waals surface area contributed by atoms with Crippen molar-refractivity contribution in [1.82, 2.24) is 4.90 Å². The van der Waals surface area contributed by atoms with E-state index >= 15 is 0 Å². The number of carbonyl (C=O) groups is 2. The van der Waals surface area contributed by atoms with Crippen molar-refractivity contribution in [2.24, 2.45) is 5.73 Å². The van der Waals surface area contributed by atoms with E-state index in [-0.39, 0.29) is 30.5 Å². The second-order valence-corrected chi connectivity index (χ2v) is 6.60. The maximum absolute atomic E-state index is 11.5. The first kappa shape index (κ1) is 19.6. The minimum atomic E-state index is -5.08. The molecule has 0 spiro atoms. The molecule has 1 aliphatic rings. The highest BCUT2D eigenvalue weighted by Crippen LogP contribution is 2.13. The van der Waals surface area contributed by atoms with Gasteiger partial charge >= 0.3 is 12.1 Å². The molecule has 124 valence electrons. The number of carbonyl (C=O) groups excluding carboxylic acids is 1. The van der Waals surface area contributed by atoms with Gasteiger partial charge in [0.2, 0.25) is 5.91 Å². The van der Waals surface area contributed by atoms with E-state index in [1.165, 1.54) is 4.90 Å². The van der Waals surface area contributed by atoms with Crippen LogP contribution in [0.3, 0.4) is 0 Å².